The van der Waals surface area contributed by atoms with Crippen LogP contribution in [-0.4, -0.2) is 182 Å². The van der Waals surface area contributed by atoms with Gasteiger partial charge in [0.1, 0.15) is 0 Å². The Bertz CT molecular complexity index is 205. The molecule has 0 fully saturated rings. The monoisotopic (exact) mass is 468 g/mol. The van der Waals surface area contributed by atoms with Gasteiger partial charge < -0.3 is 38.5 Å². The third kappa shape index (κ3) is 391. The van der Waals surface area contributed by atoms with E-state index in [9.17, 15) is 0 Å². The molecule has 0 aliphatic rings. The minimum atomic E-state index is -5.39. The van der Waals surface area contributed by atoms with Gasteiger partial charge in [0, 0.05) is 0 Å². The molecule has 20 heteroatoms. The molecule has 20 heavy (non-hydrogen) atoms. The first-order valence-corrected chi connectivity index (χ1v) is 7.21. The summed E-state index contributed by atoms with van der Waals surface area (Å²) >= 11 is -3.50. The SMILES string of the molecule is O=P([O-])([O-])[O-].O=P([O-])([O-])[O-].[Ca+2].[Ca+2].[Ca+2].[Ca+2].[O]=[Al][O-].[O]=[Al][O-]. The standard InChI is InChI=1S/2Al.4Ca.2H3O4P.4O/c;;;;;;2*1-5(2,3)4;;;;/h;;;;;;2*(H3,1,2,3,4);;;;/q;;4*+2;;;;;2*-1/p-6. The molecule has 0 N–H and O–H groups in total. The van der Waals surface area contributed by atoms with Crippen molar-refractivity contribution < 1.29 is 54.4 Å². The normalized spacial score (nSPS) is 6.70. The average molecular weight is 468 g/mol. The Kier molecular flexibility index (Phi) is 89.0. The van der Waals surface area contributed by atoms with Crippen LogP contribution in [0, 0.1) is 0 Å². The minimum absolute atomic E-state index is 0. The molecular formula is Al2Ca4O12P2. The van der Waals surface area contributed by atoms with Gasteiger partial charge in [0.05, 0.1) is 0 Å². The fourth-order valence-electron chi connectivity index (χ4n) is 0. The van der Waals surface area contributed by atoms with Crippen LogP contribution in [-0.2, 0) is 16.7 Å². The number of phosphoric acid groups is 2. The quantitative estimate of drug-likeness (QED) is 0.237. The maximum atomic E-state index is 8.55. The molecule has 12 nitrogen and oxygen atoms in total. The van der Waals surface area contributed by atoms with E-state index >= 15 is 0 Å². The molecule has 0 aromatic rings. The Balaban J connectivity index is -0.0000000154. The maximum absolute atomic E-state index is 8.55. The predicted octanol–water partition coefficient (Wildman–Crippen LogP) is -10.5. The van der Waals surface area contributed by atoms with Crippen molar-refractivity contribution in [1.82, 2.24) is 0 Å². The van der Waals surface area contributed by atoms with E-state index in [1.54, 1.807) is 0 Å². The molecule has 96 valence electrons. The van der Waals surface area contributed by atoms with Crippen molar-refractivity contribution >= 4 is 198 Å². The van der Waals surface area contributed by atoms with Crippen LogP contribution >= 0.6 is 15.6 Å². The molecule has 0 saturated heterocycles. The number of hydrogen-bond donors (Lipinski definition) is 0. The van der Waals surface area contributed by atoms with Gasteiger partial charge in [0.15, 0.2) is 0 Å². The molecular weight excluding hydrogens is 468 g/mol. The van der Waals surface area contributed by atoms with Crippen molar-refractivity contribution in [3.05, 3.63) is 0 Å². The van der Waals surface area contributed by atoms with E-state index < -0.39 is 46.6 Å². The van der Waals surface area contributed by atoms with E-state index in [1.807, 2.05) is 0 Å². The summed E-state index contributed by atoms with van der Waals surface area (Å²) in [5, 5.41) is 0. The van der Waals surface area contributed by atoms with Crippen LogP contribution in [0.2, 0.25) is 0 Å². The molecule has 0 radical (unpaired) electrons. The topological polar surface area (TPSA) is 253 Å². The second-order valence-corrected chi connectivity index (χ2v) is 3.26. The Labute approximate surface area is 246 Å². The molecule has 0 aliphatic carbocycles. The summed E-state index contributed by atoms with van der Waals surface area (Å²) in [6.45, 7) is 0. The summed E-state index contributed by atoms with van der Waals surface area (Å²) < 4.78 is 50.9. The van der Waals surface area contributed by atoms with Crippen LogP contribution in [0.25, 0.3) is 0 Å². The Morgan fingerprint density at radius 1 is 0.550 bits per heavy atom. The van der Waals surface area contributed by atoms with E-state index in [0.29, 0.717) is 0 Å². The van der Waals surface area contributed by atoms with Gasteiger partial charge in [-0.05, 0) is 0 Å². The van der Waals surface area contributed by atoms with Gasteiger partial charge in [-0.3, -0.25) is 0 Å². The number of hydrogen-bond acceptors (Lipinski definition) is 12. The van der Waals surface area contributed by atoms with E-state index in [4.69, 9.17) is 54.4 Å². The van der Waals surface area contributed by atoms with Gasteiger partial charge in [-0.15, -0.1) is 0 Å². The van der Waals surface area contributed by atoms with Crippen molar-refractivity contribution in [3.8, 4) is 0 Å². The van der Waals surface area contributed by atoms with Crippen molar-refractivity contribution in [1.29, 1.82) is 0 Å². The van der Waals surface area contributed by atoms with E-state index in [-0.39, 0.29) is 151 Å². The van der Waals surface area contributed by atoms with Gasteiger partial charge in [-0.1, -0.05) is 0 Å². The molecule has 0 aromatic carbocycles. The summed E-state index contributed by atoms with van der Waals surface area (Å²) in [5.74, 6) is 0. The van der Waals surface area contributed by atoms with Crippen LogP contribution in [0.3, 0.4) is 0 Å². The molecule has 0 spiro atoms. The van der Waals surface area contributed by atoms with E-state index in [1.165, 1.54) is 0 Å². The van der Waals surface area contributed by atoms with Crippen LogP contribution in [0.1, 0.15) is 0 Å². The van der Waals surface area contributed by atoms with Crippen LogP contribution in [0.5, 0.6) is 0 Å². The average Bonchev–Trinajstić information content (AvgIpc) is 1.79. The van der Waals surface area contributed by atoms with Crippen molar-refractivity contribution in [3.63, 3.8) is 0 Å². The first-order chi connectivity index (χ1) is 6.83. The van der Waals surface area contributed by atoms with Crippen molar-refractivity contribution in [2.75, 3.05) is 0 Å². The summed E-state index contributed by atoms with van der Waals surface area (Å²) in [4.78, 5) is 51.3. The summed E-state index contributed by atoms with van der Waals surface area (Å²) in [6.07, 6.45) is 0. The predicted molar refractivity (Wildman–Crippen MR) is 51.1 cm³/mol. The molecule has 0 aliphatic heterocycles. The van der Waals surface area contributed by atoms with Gasteiger partial charge in [0.25, 0.3) is 0 Å². The second-order valence-electron chi connectivity index (χ2n) is 1.09. The second kappa shape index (κ2) is 35.6. The zero-order valence-corrected chi connectivity index (χ0v) is 22.7. The van der Waals surface area contributed by atoms with Crippen LogP contribution in [0.4, 0.5) is 0 Å². The van der Waals surface area contributed by atoms with Gasteiger partial charge in [-0.25, -0.2) is 0 Å². The molecule has 0 bridgehead atoms. The first kappa shape index (κ1) is 50.0. The first-order valence-electron chi connectivity index (χ1n) is 2.40. The summed E-state index contributed by atoms with van der Waals surface area (Å²) in [7, 11) is -10.8. The third-order valence-electron chi connectivity index (χ3n) is 0. The van der Waals surface area contributed by atoms with Crippen molar-refractivity contribution in [2.24, 2.45) is 0 Å². The van der Waals surface area contributed by atoms with E-state index in [2.05, 4.69) is 0 Å². The van der Waals surface area contributed by atoms with E-state index in [0.717, 1.165) is 0 Å². The molecule has 0 aromatic heterocycles. The third-order valence-corrected chi connectivity index (χ3v) is 0. The summed E-state index contributed by atoms with van der Waals surface area (Å²) in [6, 6.07) is 0. The zero-order valence-electron chi connectivity index (χ0n) is 9.78. The van der Waals surface area contributed by atoms with Crippen molar-refractivity contribution in [2.45, 2.75) is 0 Å². The Morgan fingerprint density at radius 3 is 0.550 bits per heavy atom. The zero-order chi connectivity index (χ0) is 14.4. The Hall–Kier alpha value is 5.52. The molecule has 0 amide bonds. The number of rotatable bonds is 0. The molecule has 0 rings (SSSR count). The Morgan fingerprint density at radius 2 is 0.550 bits per heavy atom. The fourth-order valence-corrected chi connectivity index (χ4v) is 0. The molecule has 0 saturated carbocycles. The van der Waals surface area contributed by atoms with Gasteiger partial charge in [-0.2, -0.15) is 15.6 Å². The molecule has 0 unspecified atom stereocenters. The van der Waals surface area contributed by atoms with Gasteiger partial charge in [0.2, 0.25) is 0 Å². The molecule has 0 heterocycles. The fraction of sp³-hybridized carbons (Fsp3) is 0. The van der Waals surface area contributed by atoms with Crippen LogP contribution in [0.15, 0.2) is 0 Å². The molecule has 0 atom stereocenters. The van der Waals surface area contributed by atoms with Gasteiger partial charge >= 0.3 is 198 Å². The summed E-state index contributed by atoms with van der Waals surface area (Å²) in [5.41, 5.74) is 0. The van der Waals surface area contributed by atoms with Crippen LogP contribution < -0.4 is 37.7 Å².